The molecule has 0 bridgehead atoms. The zero-order valence-electron chi connectivity index (χ0n) is 27.9. The molecule has 5 rings (SSSR count). The fourth-order valence-corrected chi connectivity index (χ4v) is 8.17. The van der Waals surface area contributed by atoms with E-state index in [1.807, 2.05) is 53.4 Å². The highest BCUT2D eigenvalue weighted by Gasteiger charge is 2.38. The van der Waals surface area contributed by atoms with Crippen molar-refractivity contribution in [3.8, 4) is 0 Å². The number of halogens is 6. The third-order valence-electron chi connectivity index (χ3n) is 9.11. The number of carbonyl (C=O) groups is 2. The Hall–Kier alpha value is -3.23. The van der Waals surface area contributed by atoms with Crippen molar-refractivity contribution in [2.75, 3.05) is 44.2 Å². The molecule has 1 amide bonds. The number of piperidine rings is 2. The second kappa shape index (κ2) is 18.5. The number of amides is 1. The van der Waals surface area contributed by atoms with E-state index in [0.29, 0.717) is 54.1 Å². The van der Waals surface area contributed by atoms with Crippen molar-refractivity contribution >= 4 is 50.8 Å². The van der Waals surface area contributed by atoms with E-state index in [1.165, 1.54) is 22.0 Å². The summed E-state index contributed by atoms with van der Waals surface area (Å²) < 4.78 is 72.6. The minimum Gasteiger partial charge on any atom is -0.475 e. The zero-order valence-corrected chi connectivity index (χ0v) is 30.2. The van der Waals surface area contributed by atoms with Gasteiger partial charge >= 0.3 is 12.1 Å². The van der Waals surface area contributed by atoms with Crippen LogP contribution in [0, 0.1) is 17.7 Å². The molecule has 0 unspecified atom stereocenters. The zero-order chi connectivity index (χ0) is 37.2. The lowest BCUT2D eigenvalue weighted by molar-refractivity contribution is -0.192. The largest absolute Gasteiger partial charge is 0.490 e. The smallest absolute Gasteiger partial charge is 0.475 e. The Labute approximate surface area is 306 Å². The van der Waals surface area contributed by atoms with Crippen LogP contribution >= 0.6 is 23.2 Å². The Bertz CT molecular complexity index is 1700. The molecule has 0 aromatic heterocycles. The maximum absolute atomic E-state index is 13.9. The van der Waals surface area contributed by atoms with Gasteiger partial charge in [-0.15, -0.1) is 0 Å². The molecule has 2 aliphatic rings. The second-order valence-electron chi connectivity index (χ2n) is 12.8. The number of carboxylic acids is 1. The summed E-state index contributed by atoms with van der Waals surface area (Å²) in [5, 5.41) is 7.95. The minimum atomic E-state index is -5.08. The number of rotatable bonds is 11. The van der Waals surface area contributed by atoms with Gasteiger partial charge < -0.3 is 14.9 Å². The molecule has 0 atom stereocenters. The van der Waals surface area contributed by atoms with E-state index in [1.54, 1.807) is 12.1 Å². The van der Waals surface area contributed by atoms with Gasteiger partial charge in [-0.2, -0.15) is 13.2 Å². The Morgan fingerprint density at radius 1 is 0.843 bits per heavy atom. The quantitative estimate of drug-likeness (QED) is 0.201. The number of aliphatic carboxylic acids is 1. The van der Waals surface area contributed by atoms with Gasteiger partial charge in [0.1, 0.15) is 5.82 Å². The summed E-state index contributed by atoms with van der Waals surface area (Å²) in [6.45, 7) is 4.08. The Morgan fingerprint density at radius 2 is 1.45 bits per heavy atom. The fourth-order valence-electron chi connectivity index (χ4n) is 6.32. The van der Waals surface area contributed by atoms with Crippen LogP contribution in [0.4, 0.5) is 23.2 Å². The highest BCUT2D eigenvalue weighted by molar-refractivity contribution is 7.88. The van der Waals surface area contributed by atoms with Gasteiger partial charge in [0.15, 0.2) is 0 Å². The van der Waals surface area contributed by atoms with Crippen LogP contribution in [-0.4, -0.2) is 80.1 Å². The number of sulfonamides is 1. The molecular weight excluding hydrogens is 733 g/mol. The molecule has 2 saturated heterocycles. The molecule has 3 aromatic carbocycles. The summed E-state index contributed by atoms with van der Waals surface area (Å²) in [7, 11) is -3.46. The molecule has 2 aliphatic heterocycles. The van der Waals surface area contributed by atoms with E-state index < -0.39 is 22.2 Å². The van der Waals surface area contributed by atoms with Crippen molar-refractivity contribution in [1.82, 2.24) is 9.21 Å². The Kier molecular flexibility index (Phi) is 14.7. The van der Waals surface area contributed by atoms with E-state index >= 15 is 0 Å². The van der Waals surface area contributed by atoms with Gasteiger partial charge in [-0.05, 0) is 106 Å². The molecule has 0 saturated carbocycles. The molecule has 2 fully saturated rings. The molecule has 15 heteroatoms. The minimum absolute atomic E-state index is 0.00139. The number of carboxylic acid groups (broad SMARTS) is 1. The van der Waals surface area contributed by atoms with Crippen LogP contribution in [0.2, 0.25) is 10.0 Å². The predicted molar refractivity (Wildman–Crippen MR) is 190 cm³/mol. The summed E-state index contributed by atoms with van der Waals surface area (Å²) >= 11 is 12.5. The number of anilines is 1. The van der Waals surface area contributed by atoms with Crippen molar-refractivity contribution in [3.05, 3.63) is 99.8 Å². The summed E-state index contributed by atoms with van der Waals surface area (Å²) in [5.41, 5.74) is 2.65. The lowest BCUT2D eigenvalue weighted by atomic mass is 9.90. The van der Waals surface area contributed by atoms with Crippen molar-refractivity contribution in [2.24, 2.45) is 11.8 Å². The van der Waals surface area contributed by atoms with Gasteiger partial charge in [-0.25, -0.2) is 21.9 Å². The summed E-state index contributed by atoms with van der Waals surface area (Å²) in [4.78, 5) is 27.1. The number of benzene rings is 3. The molecule has 51 heavy (non-hydrogen) atoms. The summed E-state index contributed by atoms with van der Waals surface area (Å²) in [6.07, 6.45) is -0.158. The van der Waals surface area contributed by atoms with Gasteiger partial charge in [0.25, 0.3) is 0 Å². The molecule has 1 N–H and O–H groups in total. The molecule has 0 spiro atoms. The number of nitrogens with zero attached hydrogens (tertiary/aromatic N) is 3. The monoisotopic (exact) mass is 773 g/mol. The second-order valence-corrected chi connectivity index (χ2v) is 15.6. The van der Waals surface area contributed by atoms with Crippen LogP contribution in [-0.2, 0) is 31.8 Å². The molecule has 0 aliphatic carbocycles. The van der Waals surface area contributed by atoms with Crippen LogP contribution < -0.4 is 4.90 Å². The number of alkyl halides is 3. The molecule has 3 aromatic rings. The van der Waals surface area contributed by atoms with Crippen molar-refractivity contribution in [1.29, 1.82) is 0 Å². The SMILES string of the molecule is O=C(C1CCN(S(=O)(=O)Cc2ccccc2)CC1)N(CCCN1CCC(Cc2ccc(F)cc2)CC1)c1ccc(Cl)c(Cl)c1.O=C(O)C(F)(F)F. The normalized spacial score (nSPS) is 16.7. The van der Waals surface area contributed by atoms with Crippen molar-refractivity contribution < 1.29 is 40.7 Å². The van der Waals surface area contributed by atoms with Gasteiger partial charge in [-0.3, -0.25) is 4.79 Å². The van der Waals surface area contributed by atoms with E-state index in [0.717, 1.165) is 50.9 Å². The highest BCUT2D eigenvalue weighted by Crippen LogP contribution is 2.31. The Balaban J connectivity index is 0.000000755. The van der Waals surface area contributed by atoms with E-state index in [-0.39, 0.29) is 23.4 Å². The van der Waals surface area contributed by atoms with E-state index in [2.05, 4.69) is 4.90 Å². The topological polar surface area (TPSA) is 98.2 Å². The van der Waals surface area contributed by atoms with E-state index in [4.69, 9.17) is 33.1 Å². The number of likely N-dealkylation sites (tertiary alicyclic amines) is 1. The molecule has 0 radical (unpaired) electrons. The summed E-state index contributed by atoms with van der Waals surface area (Å²) in [5.74, 6) is -2.67. The first-order valence-corrected chi connectivity index (χ1v) is 19.0. The predicted octanol–water partition coefficient (Wildman–Crippen LogP) is 7.69. The van der Waals surface area contributed by atoms with Crippen LogP contribution in [0.15, 0.2) is 72.8 Å². The highest BCUT2D eigenvalue weighted by atomic mass is 35.5. The molecule has 8 nitrogen and oxygen atoms in total. The van der Waals surface area contributed by atoms with Crippen molar-refractivity contribution in [2.45, 2.75) is 50.5 Å². The Morgan fingerprint density at radius 3 is 2.02 bits per heavy atom. The lowest BCUT2D eigenvalue weighted by Crippen LogP contribution is -2.45. The average molecular weight is 775 g/mol. The number of hydrogen-bond donors (Lipinski definition) is 1. The van der Waals surface area contributed by atoms with Crippen LogP contribution in [0.5, 0.6) is 0 Å². The average Bonchev–Trinajstić information content (AvgIpc) is 3.10. The maximum atomic E-state index is 13.9. The van der Waals surface area contributed by atoms with Crippen LogP contribution in [0.1, 0.15) is 43.2 Å². The number of hydrogen-bond acceptors (Lipinski definition) is 5. The van der Waals surface area contributed by atoms with E-state index in [9.17, 15) is 30.8 Å². The fraction of sp³-hybridized carbons (Fsp3) is 0.444. The van der Waals surface area contributed by atoms with Gasteiger partial charge in [0.2, 0.25) is 15.9 Å². The summed E-state index contributed by atoms with van der Waals surface area (Å²) in [6, 6.07) is 21.3. The third kappa shape index (κ3) is 12.5. The molecule has 2 heterocycles. The van der Waals surface area contributed by atoms with Gasteiger partial charge in [0.05, 0.1) is 15.8 Å². The lowest BCUT2D eigenvalue weighted by Gasteiger charge is -2.35. The molecule has 278 valence electrons. The van der Waals surface area contributed by atoms with Crippen molar-refractivity contribution in [3.63, 3.8) is 0 Å². The van der Waals surface area contributed by atoms with Gasteiger partial charge in [0, 0.05) is 31.2 Å². The molecular formula is C36H41Cl2F4N3O5S. The van der Waals surface area contributed by atoms with Crippen LogP contribution in [0.25, 0.3) is 0 Å². The van der Waals surface area contributed by atoms with Crippen LogP contribution in [0.3, 0.4) is 0 Å². The first-order valence-electron chi connectivity index (χ1n) is 16.7. The first-order chi connectivity index (χ1) is 24.1. The van der Waals surface area contributed by atoms with Gasteiger partial charge in [-0.1, -0.05) is 65.7 Å². The third-order valence-corrected chi connectivity index (χ3v) is 11.7. The number of carbonyl (C=O) groups excluding carboxylic acids is 1. The maximum Gasteiger partial charge on any atom is 0.490 e. The first kappa shape index (κ1) is 40.5. The standard InChI is InChI=1S/C34H40Cl2FN3O3S.C2HF3O2/c35-32-12-11-31(24-33(32)36)40(18-4-17-38-19-13-27(14-20-38)23-26-7-9-30(37)10-8-26)34(41)29-15-21-39(22-16-29)44(42,43)25-28-5-2-1-3-6-28;3-2(4,5)1(6)7/h1-3,5-12,24,27,29H,4,13-23,25H2;(H,6,7).